The first-order chi connectivity index (χ1) is 13.4. The second kappa shape index (κ2) is 11.1. The Morgan fingerprint density at radius 1 is 0.964 bits per heavy atom. The molecule has 1 nitrogen and oxygen atoms in total. The first-order valence-corrected chi connectivity index (χ1v) is 13.1. The Bertz CT molecular complexity index is 686. The van der Waals surface area contributed by atoms with Gasteiger partial charge in [0.05, 0.1) is 5.83 Å². The molecule has 0 fully saturated rings. The van der Waals surface area contributed by atoms with E-state index in [9.17, 15) is 4.39 Å². The number of hydrogen-bond donors (Lipinski definition) is 0. The lowest BCUT2D eigenvalue weighted by Crippen LogP contribution is -2.66. The maximum absolute atomic E-state index is 13.8. The Kier molecular flexibility index (Phi) is 9.12. The molecule has 0 N–H and O–H groups in total. The molecule has 2 aromatic carbocycles. The van der Waals surface area contributed by atoms with E-state index in [4.69, 9.17) is 4.43 Å². The summed E-state index contributed by atoms with van der Waals surface area (Å²) in [5, 5.41) is 3.36. The Hall–Kier alpha value is -1.23. The van der Waals surface area contributed by atoms with Gasteiger partial charge in [0.25, 0.3) is 8.32 Å². The highest BCUT2D eigenvalue weighted by molar-refractivity contribution is 9.09. The summed E-state index contributed by atoms with van der Waals surface area (Å²) in [6.07, 6.45) is 4.59. The predicted octanol–water partition coefficient (Wildman–Crippen LogP) is 6.37. The number of benzene rings is 2. The van der Waals surface area contributed by atoms with Crippen LogP contribution in [0, 0.1) is 0 Å². The highest BCUT2D eigenvalue weighted by atomic mass is 79.9. The molecule has 0 saturated carbocycles. The van der Waals surface area contributed by atoms with Crippen molar-refractivity contribution in [1.82, 2.24) is 0 Å². The van der Waals surface area contributed by atoms with E-state index < -0.39 is 8.32 Å². The van der Waals surface area contributed by atoms with Crippen LogP contribution in [0.3, 0.4) is 0 Å². The van der Waals surface area contributed by atoms with Gasteiger partial charge in [-0.25, -0.2) is 4.39 Å². The van der Waals surface area contributed by atoms with Gasteiger partial charge in [-0.05, 0) is 41.1 Å². The second-order valence-corrected chi connectivity index (χ2v) is 13.2. The smallest absolute Gasteiger partial charge is 0.261 e. The van der Waals surface area contributed by atoms with Crippen LogP contribution in [-0.2, 0) is 4.43 Å². The third-order valence-electron chi connectivity index (χ3n) is 5.02. The molecule has 152 valence electrons. The number of halogens is 2. The van der Waals surface area contributed by atoms with E-state index >= 15 is 0 Å². The van der Waals surface area contributed by atoms with Crippen LogP contribution in [0.15, 0.2) is 72.6 Å². The summed E-state index contributed by atoms with van der Waals surface area (Å²) < 4.78 is 20.6. The first-order valence-electron chi connectivity index (χ1n) is 10.1. The van der Waals surface area contributed by atoms with Crippen LogP contribution >= 0.6 is 15.9 Å². The summed E-state index contributed by atoms with van der Waals surface area (Å²) in [5.41, 5.74) is 0. The van der Waals surface area contributed by atoms with Crippen molar-refractivity contribution < 1.29 is 8.82 Å². The molecule has 0 aliphatic heterocycles. The van der Waals surface area contributed by atoms with E-state index in [1.165, 1.54) is 10.4 Å². The van der Waals surface area contributed by atoms with Crippen molar-refractivity contribution in [3.63, 3.8) is 0 Å². The molecule has 0 saturated heterocycles. The fourth-order valence-electron chi connectivity index (χ4n) is 3.70. The van der Waals surface area contributed by atoms with Crippen LogP contribution in [0.5, 0.6) is 0 Å². The van der Waals surface area contributed by atoms with Gasteiger partial charge in [-0.15, -0.1) is 0 Å². The van der Waals surface area contributed by atoms with E-state index in [-0.39, 0.29) is 10.9 Å². The lowest BCUT2D eigenvalue weighted by Gasteiger charge is -2.43. The molecule has 0 aromatic heterocycles. The fraction of sp³-hybridized carbons (Fsp3) is 0.417. The van der Waals surface area contributed by atoms with Crippen LogP contribution in [0.2, 0.25) is 5.04 Å². The molecule has 2 aromatic rings. The largest absolute Gasteiger partial charge is 0.407 e. The SMILES string of the molecule is CC(C)(C)[Si](OCCCC/C(F)=C\CCBr)(c1ccccc1)c1ccccc1. The van der Waals surface area contributed by atoms with Crippen molar-refractivity contribution in [3.05, 3.63) is 72.6 Å². The summed E-state index contributed by atoms with van der Waals surface area (Å²) in [6, 6.07) is 21.3. The summed E-state index contributed by atoms with van der Waals surface area (Å²) >= 11 is 3.33. The van der Waals surface area contributed by atoms with Crippen LogP contribution < -0.4 is 10.4 Å². The van der Waals surface area contributed by atoms with E-state index in [1.54, 1.807) is 6.08 Å². The standard InChI is InChI=1S/C24H32BrFOSi/c1-24(2,3)28(22-15-6-4-7-16-22,23-17-8-5-9-18-23)27-20-11-10-13-21(26)14-12-19-25/h4-9,14-18H,10-13,19-20H2,1-3H3/b21-14+. The van der Waals surface area contributed by atoms with Gasteiger partial charge in [0.1, 0.15) is 0 Å². The van der Waals surface area contributed by atoms with Gasteiger partial charge in [0.15, 0.2) is 0 Å². The van der Waals surface area contributed by atoms with E-state index in [2.05, 4.69) is 97.4 Å². The average Bonchev–Trinajstić information content (AvgIpc) is 2.69. The third-order valence-corrected chi connectivity index (χ3v) is 10.5. The van der Waals surface area contributed by atoms with Gasteiger partial charge in [0.2, 0.25) is 0 Å². The zero-order valence-electron chi connectivity index (χ0n) is 17.3. The Labute approximate surface area is 179 Å². The number of alkyl halides is 1. The van der Waals surface area contributed by atoms with Crippen LogP contribution in [0.25, 0.3) is 0 Å². The molecule has 0 heterocycles. The normalized spacial score (nSPS) is 13.0. The summed E-state index contributed by atoms with van der Waals surface area (Å²) in [7, 11) is -2.46. The lowest BCUT2D eigenvalue weighted by molar-refractivity contribution is 0.287. The van der Waals surface area contributed by atoms with Crippen molar-refractivity contribution in [1.29, 1.82) is 0 Å². The summed E-state index contributed by atoms with van der Waals surface area (Å²) in [5.74, 6) is -0.00935. The molecular weight excluding hydrogens is 431 g/mol. The van der Waals surface area contributed by atoms with Gasteiger partial charge in [0, 0.05) is 11.9 Å². The molecule has 28 heavy (non-hydrogen) atoms. The zero-order valence-corrected chi connectivity index (χ0v) is 19.8. The molecule has 2 rings (SSSR count). The van der Waals surface area contributed by atoms with Gasteiger partial charge < -0.3 is 4.43 Å². The molecule has 0 radical (unpaired) electrons. The highest BCUT2D eigenvalue weighted by Gasteiger charge is 2.49. The van der Waals surface area contributed by atoms with Gasteiger partial charge in [-0.3, -0.25) is 0 Å². The van der Waals surface area contributed by atoms with Crippen molar-refractivity contribution >= 4 is 34.6 Å². The van der Waals surface area contributed by atoms with Crippen LogP contribution in [-0.4, -0.2) is 20.3 Å². The van der Waals surface area contributed by atoms with Gasteiger partial charge in [-0.2, -0.15) is 0 Å². The average molecular weight is 464 g/mol. The molecule has 0 unspecified atom stereocenters. The number of hydrogen-bond acceptors (Lipinski definition) is 1. The fourth-order valence-corrected chi connectivity index (χ4v) is 8.53. The first kappa shape index (κ1) is 23.0. The zero-order chi connectivity index (χ0) is 20.5. The minimum absolute atomic E-state index is 0.00935. The number of rotatable bonds is 10. The quantitative estimate of drug-likeness (QED) is 0.226. The second-order valence-electron chi connectivity index (χ2n) is 8.10. The van der Waals surface area contributed by atoms with Crippen molar-refractivity contribution in [2.45, 2.75) is 51.5 Å². The van der Waals surface area contributed by atoms with E-state index in [0.717, 1.165) is 24.6 Å². The summed E-state index contributed by atoms with van der Waals surface area (Å²) in [6.45, 7) is 7.49. The Morgan fingerprint density at radius 3 is 1.96 bits per heavy atom. The maximum Gasteiger partial charge on any atom is 0.261 e. The van der Waals surface area contributed by atoms with Crippen LogP contribution in [0.4, 0.5) is 4.39 Å². The molecule has 4 heteroatoms. The number of allylic oxidation sites excluding steroid dienone is 2. The molecular formula is C24H32BrFOSi. The van der Waals surface area contributed by atoms with Gasteiger partial charge in [-0.1, -0.05) is 103 Å². The minimum Gasteiger partial charge on any atom is -0.407 e. The Balaban J connectivity index is 2.20. The molecule has 0 spiro atoms. The van der Waals surface area contributed by atoms with Crippen molar-refractivity contribution in [2.24, 2.45) is 0 Å². The van der Waals surface area contributed by atoms with Crippen molar-refractivity contribution in [2.75, 3.05) is 11.9 Å². The highest BCUT2D eigenvalue weighted by Crippen LogP contribution is 2.36. The van der Waals surface area contributed by atoms with E-state index in [1.807, 2.05) is 0 Å². The molecule has 0 aliphatic carbocycles. The third kappa shape index (κ3) is 5.88. The molecule has 0 bridgehead atoms. The predicted molar refractivity (Wildman–Crippen MR) is 125 cm³/mol. The lowest BCUT2D eigenvalue weighted by atomic mass is 10.2. The summed E-state index contributed by atoms with van der Waals surface area (Å²) in [4.78, 5) is 0. The Morgan fingerprint density at radius 2 is 1.50 bits per heavy atom. The van der Waals surface area contributed by atoms with Crippen LogP contribution in [0.1, 0.15) is 46.5 Å². The van der Waals surface area contributed by atoms with Gasteiger partial charge >= 0.3 is 0 Å². The molecule has 0 aliphatic rings. The maximum atomic E-state index is 13.8. The van der Waals surface area contributed by atoms with Crippen molar-refractivity contribution in [3.8, 4) is 0 Å². The minimum atomic E-state index is -2.46. The molecule has 0 amide bonds. The number of unbranched alkanes of at least 4 members (excludes halogenated alkanes) is 1. The van der Waals surface area contributed by atoms with E-state index in [0.29, 0.717) is 13.0 Å². The monoisotopic (exact) mass is 462 g/mol. The topological polar surface area (TPSA) is 9.23 Å². The molecule has 0 atom stereocenters.